The van der Waals surface area contributed by atoms with Crippen molar-refractivity contribution < 1.29 is 23.9 Å². The Hall–Kier alpha value is -2.64. The highest BCUT2D eigenvalue weighted by Gasteiger charge is 2.18. The first kappa shape index (κ1) is 16.4. The van der Waals surface area contributed by atoms with Gasteiger partial charge in [0.1, 0.15) is 12.4 Å². The number of carbonyl (C=O) groups is 3. The molecule has 8 heteroatoms. The first-order valence-corrected chi connectivity index (χ1v) is 6.18. The summed E-state index contributed by atoms with van der Waals surface area (Å²) in [5.74, 6) is -2.44. The number of carbonyl (C=O) groups excluding carboxylic acids is 2. The summed E-state index contributed by atoms with van der Waals surface area (Å²) in [6, 6.07) is 2.37. The third-order valence-corrected chi connectivity index (χ3v) is 2.74. The van der Waals surface area contributed by atoms with Crippen LogP contribution in [0.4, 0.5) is 14.9 Å². The van der Waals surface area contributed by atoms with Gasteiger partial charge in [0.25, 0.3) is 0 Å². The zero-order valence-electron chi connectivity index (χ0n) is 11.6. The van der Waals surface area contributed by atoms with Crippen molar-refractivity contribution in [2.45, 2.75) is 6.92 Å². The van der Waals surface area contributed by atoms with Crippen LogP contribution in [0.5, 0.6) is 0 Å². The number of nitrogens with one attached hydrogen (secondary N) is 2. The molecule has 1 aromatic carbocycles. The number of carboxylic acid groups (broad SMARTS) is 1. The van der Waals surface area contributed by atoms with Gasteiger partial charge in [-0.3, -0.25) is 4.79 Å². The van der Waals surface area contributed by atoms with Crippen LogP contribution in [0.1, 0.15) is 17.3 Å². The summed E-state index contributed by atoms with van der Waals surface area (Å²) in [6.07, 6.45) is 0. The second-order valence-electron chi connectivity index (χ2n) is 4.11. The number of benzene rings is 1. The van der Waals surface area contributed by atoms with Gasteiger partial charge in [-0.1, -0.05) is 0 Å². The lowest BCUT2D eigenvalue weighted by atomic mass is 10.1. The Morgan fingerprint density at radius 1 is 1.33 bits per heavy atom. The summed E-state index contributed by atoms with van der Waals surface area (Å²) in [5, 5.41) is 13.7. The maximum atomic E-state index is 13.0. The number of urea groups is 1. The van der Waals surface area contributed by atoms with Gasteiger partial charge in [0, 0.05) is 13.6 Å². The number of nitrogens with zero attached hydrogens (tertiary/aromatic N) is 1. The van der Waals surface area contributed by atoms with E-state index in [1.165, 1.54) is 11.9 Å². The second kappa shape index (κ2) is 7.22. The summed E-state index contributed by atoms with van der Waals surface area (Å²) in [4.78, 5) is 35.5. The highest BCUT2D eigenvalue weighted by molar-refractivity contribution is 6.00. The van der Waals surface area contributed by atoms with Crippen molar-refractivity contribution >= 4 is 23.6 Å². The Morgan fingerprint density at radius 2 is 2.00 bits per heavy atom. The SMILES string of the molecule is CCN(CC(=O)NC)C(=O)Nc1ccc(F)cc1C(=O)O. The molecule has 0 aromatic heterocycles. The van der Waals surface area contributed by atoms with E-state index in [4.69, 9.17) is 5.11 Å². The summed E-state index contributed by atoms with van der Waals surface area (Å²) in [5.41, 5.74) is -0.399. The molecule has 1 rings (SSSR count). The van der Waals surface area contributed by atoms with E-state index in [-0.39, 0.29) is 30.2 Å². The van der Waals surface area contributed by atoms with Crippen LogP contribution in [0.15, 0.2) is 18.2 Å². The van der Waals surface area contributed by atoms with E-state index in [2.05, 4.69) is 10.6 Å². The maximum Gasteiger partial charge on any atom is 0.337 e. The molecule has 1 aromatic rings. The number of halogens is 1. The lowest BCUT2D eigenvalue weighted by Gasteiger charge is -2.21. The molecule has 0 heterocycles. The summed E-state index contributed by atoms with van der Waals surface area (Å²) < 4.78 is 13.0. The van der Waals surface area contributed by atoms with Gasteiger partial charge in [0.2, 0.25) is 5.91 Å². The molecule has 0 bridgehead atoms. The third-order valence-electron chi connectivity index (χ3n) is 2.74. The van der Waals surface area contributed by atoms with Crippen LogP contribution in [-0.2, 0) is 4.79 Å². The smallest absolute Gasteiger partial charge is 0.337 e. The summed E-state index contributed by atoms with van der Waals surface area (Å²) in [7, 11) is 1.44. The molecule has 0 atom stereocenters. The van der Waals surface area contributed by atoms with Gasteiger partial charge in [-0.2, -0.15) is 0 Å². The summed E-state index contributed by atoms with van der Waals surface area (Å²) >= 11 is 0. The summed E-state index contributed by atoms with van der Waals surface area (Å²) in [6.45, 7) is 1.76. The van der Waals surface area contributed by atoms with E-state index in [0.717, 1.165) is 18.2 Å². The number of carboxylic acids is 1. The highest BCUT2D eigenvalue weighted by atomic mass is 19.1. The Balaban J connectivity index is 2.91. The fourth-order valence-electron chi connectivity index (χ4n) is 1.58. The number of hydrogen-bond donors (Lipinski definition) is 3. The van der Waals surface area contributed by atoms with E-state index in [1.807, 2.05) is 0 Å². The van der Waals surface area contributed by atoms with Crippen molar-refractivity contribution in [1.82, 2.24) is 10.2 Å². The predicted molar refractivity (Wildman–Crippen MR) is 73.7 cm³/mol. The quantitative estimate of drug-likeness (QED) is 0.758. The van der Waals surface area contributed by atoms with Crippen molar-refractivity contribution in [2.24, 2.45) is 0 Å². The minimum atomic E-state index is -1.36. The maximum absolute atomic E-state index is 13.0. The second-order valence-corrected chi connectivity index (χ2v) is 4.11. The van der Waals surface area contributed by atoms with Gasteiger partial charge >= 0.3 is 12.0 Å². The monoisotopic (exact) mass is 297 g/mol. The fraction of sp³-hybridized carbons (Fsp3) is 0.308. The Labute approximate surface area is 120 Å². The number of aromatic carboxylic acids is 1. The van der Waals surface area contributed by atoms with Gasteiger partial charge in [-0.05, 0) is 25.1 Å². The molecule has 7 nitrogen and oxygen atoms in total. The lowest BCUT2D eigenvalue weighted by Crippen LogP contribution is -2.41. The van der Waals surface area contributed by atoms with Crippen LogP contribution < -0.4 is 10.6 Å². The van der Waals surface area contributed by atoms with E-state index in [1.54, 1.807) is 6.92 Å². The molecule has 3 N–H and O–H groups in total. The van der Waals surface area contributed by atoms with Crippen LogP contribution in [0, 0.1) is 5.82 Å². The van der Waals surface area contributed by atoms with Crippen LogP contribution in [0.2, 0.25) is 0 Å². The molecule has 0 aliphatic heterocycles. The predicted octanol–water partition coefficient (Wildman–Crippen LogP) is 1.12. The van der Waals surface area contributed by atoms with Gasteiger partial charge in [0.15, 0.2) is 0 Å². The van der Waals surface area contributed by atoms with Gasteiger partial charge < -0.3 is 20.6 Å². The van der Waals surface area contributed by atoms with Crippen molar-refractivity contribution in [1.29, 1.82) is 0 Å². The molecule has 0 aliphatic rings. The molecule has 0 radical (unpaired) electrons. The van der Waals surface area contributed by atoms with Gasteiger partial charge in [0.05, 0.1) is 11.3 Å². The lowest BCUT2D eigenvalue weighted by molar-refractivity contribution is -0.121. The molecule has 0 saturated carbocycles. The number of hydrogen-bond acceptors (Lipinski definition) is 3. The van der Waals surface area contributed by atoms with E-state index in [0.29, 0.717) is 0 Å². The molecular formula is C13H16FN3O4. The standard InChI is InChI=1S/C13H16FN3O4/c1-3-17(7-11(18)15-2)13(21)16-10-5-4-8(14)6-9(10)12(19)20/h4-6H,3,7H2,1-2H3,(H,15,18)(H,16,21)(H,19,20). The molecule has 0 saturated heterocycles. The Kier molecular flexibility index (Phi) is 5.65. The van der Waals surface area contributed by atoms with Crippen LogP contribution >= 0.6 is 0 Å². The minimum Gasteiger partial charge on any atom is -0.478 e. The van der Waals surface area contributed by atoms with E-state index < -0.39 is 17.8 Å². The zero-order chi connectivity index (χ0) is 16.0. The molecule has 3 amide bonds. The molecule has 0 fully saturated rings. The average Bonchev–Trinajstić information content (AvgIpc) is 2.45. The van der Waals surface area contributed by atoms with Gasteiger partial charge in [-0.15, -0.1) is 0 Å². The fourth-order valence-corrected chi connectivity index (χ4v) is 1.58. The zero-order valence-corrected chi connectivity index (χ0v) is 11.6. The van der Waals surface area contributed by atoms with Crippen molar-refractivity contribution in [3.05, 3.63) is 29.6 Å². The number of anilines is 1. The van der Waals surface area contributed by atoms with Gasteiger partial charge in [-0.25, -0.2) is 14.0 Å². The van der Waals surface area contributed by atoms with Crippen LogP contribution in [0.25, 0.3) is 0 Å². The first-order valence-electron chi connectivity index (χ1n) is 6.18. The average molecular weight is 297 g/mol. The Morgan fingerprint density at radius 3 is 2.52 bits per heavy atom. The molecule has 114 valence electrons. The number of rotatable bonds is 5. The first-order chi connectivity index (χ1) is 9.88. The van der Waals surface area contributed by atoms with E-state index >= 15 is 0 Å². The third kappa shape index (κ3) is 4.44. The molecule has 0 aliphatic carbocycles. The normalized spacial score (nSPS) is 9.86. The van der Waals surface area contributed by atoms with Crippen molar-refractivity contribution in [3.63, 3.8) is 0 Å². The van der Waals surface area contributed by atoms with Crippen LogP contribution in [0.3, 0.4) is 0 Å². The molecule has 0 unspecified atom stereocenters. The molecule has 0 spiro atoms. The highest BCUT2D eigenvalue weighted by Crippen LogP contribution is 2.17. The number of likely N-dealkylation sites (N-methyl/N-ethyl adjacent to an activating group) is 2. The van der Waals surface area contributed by atoms with E-state index in [9.17, 15) is 18.8 Å². The molecular weight excluding hydrogens is 281 g/mol. The van der Waals surface area contributed by atoms with Crippen molar-refractivity contribution in [3.8, 4) is 0 Å². The number of amides is 3. The Bertz CT molecular complexity index is 562. The molecule has 21 heavy (non-hydrogen) atoms. The topological polar surface area (TPSA) is 98.7 Å². The van der Waals surface area contributed by atoms with Crippen molar-refractivity contribution in [2.75, 3.05) is 25.5 Å². The minimum absolute atomic E-state index is 0.0377. The van der Waals surface area contributed by atoms with Crippen LogP contribution in [-0.4, -0.2) is 48.1 Å². The largest absolute Gasteiger partial charge is 0.478 e.